The fourth-order valence-corrected chi connectivity index (χ4v) is 10.5. The molecule has 0 saturated carbocycles. The quantitative estimate of drug-likeness (QED) is 0.0205. The summed E-state index contributed by atoms with van der Waals surface area (Å²) in [4.78, 5) is 13.3. The fraction of sp³-hybridized carbons (Fsp3) is 0.750. The predicted octanol–water partition coefficient (Wildman–Crippen LogP) is 7.71. The second kappa shape index (κ2) is 49.4. The molecule has 87 heavy (non-hydrogen) atoms. The minimum atomic E-state index is -1.99. The molecule has 17 atom stereocenters. The minimum absolute atomic E-state index is 0.105. The summed E-state index contributed by atoms with van der Waals surface area (Å²) in [5.41, 5.74) is 0. The van der Waals surface area contributed by atoms with Gasteiger partial charge in [0.2, 0.25) is 5.91 Å². The average Bonchev–Trinajstić information content (AvgIpc) is 2.87. The van der Waals surface area contributed by atoms with Crippen molar-refractivity contribution in [2.75, 3.05) is 26.4 Å². The first-order valence-electron chi connectivity index (χ1n) is 33.0. The number of hydrogen-bond donors (Lipinski definition) is 12. The van der Waals surface area contributed by atoms with Gasteiger partial charge in [-0.3, -0.25) is 4.79 Å². The molecule has 0 spiro atoms. The van der Waals surface area contributed by atoms with Gasteiger partial charge in [0.15, 0.2) is 18.9 Å². The van der Waals surface area contributed by atoms with E-state index in [2.05, 4.69) is 92.1 Å². The second-order valence-corrected chi connectivity index (χ2v) is 23.2. The van der Waals surface area contributed by atoms with Crippen LogP contribution in [0.1, 0.15) is 194 Å². The van der Waals surface area contributed by atoms with E-state index in [9.17, 15) is 61.0 Å². The number of carbonyl (C=O) groups excluding carboxylic acids is 1. The number of unbranched alkanes of at least 4 members (excludes halogenated alkanes) is 18. The van der Waals surface area contributed by atoms with Gasteiger partial charge in [0.1, 0.15) is 73.2 Å². The number of rotatable bonds is 48. The molecule has 0 aliphatic carbocycles. The van der Waals surface area contributed by atoms with Crippen molar-refractivity contribution < 1.29 is 89.4 Å². The normalized spacial score (nSPS) is 29.2. The van der Waals surface area contributed by atoms with Crippen LogP contribution in [-0.2, 0) is 33.2 Å². The standard InChI is InChI=1S/C68H115NO18/c1-3-5-7-9-11-13-15-17-19-21-23-24-25-26-28-29-31-33-35-37-39-41-43-45-52(73)51(69-56(74)46-44-42-40-38-36-34-32-30-27-22-20-18-16-14-12-10-8-6-4-2)50-82-66-62(80)59(77)64(54(48-71)84-66)87-68-63(81)60(78)65(55(49-72)85-68)86-67-61(79)58(76)57(75)53(47-70)83-67/h6,8,12,14,18,20,27,30,34-37,40,42-43,45,51-55,57-68,70-73,75-81H,3-5,7,9-11,13,15-17,19,21-26,28-29,31-33,38-39,41,44,46-50H2,1-2H3,(H,69,74)/b8-6-,14-12-,20-18-,30-27-,36-34-,37-35+,42-40-,45-43+. The lowest BCUT2D eigenvalue weighted by Gasteiger charge is -2.48. The van der Waals surface area contributed by atoms with E-state index < -0.39 is 131 Å². The van der Waals surface area contributed by atoms with E-state index in [1.807, 2.05) is 18.2 Å². The molecule has 3 aliphatic rings. The summed E-state index contributed by atoms with van der Waals surface area (Å²) in [7, 11) is 0. The molecule has 500 valence electrons. The van der Waals surface area contributed by atoms with Gasteiger partial charge in [-0.05, 0) is 70.6 Å². The molecule has 0 bridgehead atoms. The summed E-state index contributed by atoms with van der Waals surface area (Å²) >= 11 is 0. The van der Waals surface area contributed by atoms with Crippen molar-refractivity contribution >= 4 is 5.91 Å². The molecule has 0 aromatic heterocycles. The molecule has 17 unspecified atom stereocenters. The van der Waals surface area contributed by atoms with Gasteiger partial charge >= 0.3 is 0 Å². The zero-order valence-electron chi connectivity index (χ0n) is 52.5. The molecule has 3 aliphatic heterocycles. The van der Waals surface area contributed by atoms with Crippen molar-refractivity contribution in [3.63, 3.8) is 0 Å². The van der Waals surface area contributed by atoms with Crippen LogP contribution in [0.5, 0.6) is 0 Å². The van der Waals surface area contributed by atoms with E-state index in [0.29, 0.717) is 19.3 Å². The minimum Gasteiger partial charge on any atom is -0.394 e. The summed E-state index contributed by atoms with van der Waals surface area (Å²) in [5, 5.41) is 120. The highest BCUT2D eigenvalue weighted by Gasteiger charge is 2.53. The van der Waals surface area contributed by atoms with Gasteiger partial charge in [0.05, 0.1) is 38.6 Å². The average molecular weight is 1230 g/mol. The molecule has 12 N–H and O–H groups in total. The first-order valence-corrected chi connectivity index (χ1v) is 33.0. The highest BCUT2D eigenvalue weighted by molar-refractivity contribution is 5.76. The molecular formula is C68H115NO18. The number of aliphatic hydroxyl groups excluding tert-OH is 11. The van der Waals surface area contributed by atoms with Gasteiger partial charge in [-0.25, -0.2) is 0 Å². The summed E-state index contributed by atoms with van der Waals surface area (Å²) in [6.07, 6.45) is 36.9. The van der Waals surface area contributed by atoms with E-state index >= 15 is 0 Å². The number of amides is 1. The van der Waals surface area contributed by atoms with Crippen LogP contribution >= 0.6 is 0 Å². The number of aliphatic hydroxyl groups is 11. The first kappa shape index (κ1) is 78.0. The molecule has 0 radical (unpaired) electrons. The fourth-order valence-electron chi connectivity index (χ4n) is 10.5. The van der Waals surface area contributed by atoms with Gasteiger partial charge in [-0.1, -0.05) is 214 Å². The van der Waals surface area contributed by atoms with Crippen molar-refractivity contribution in [2.24, 2.45) is 0 Å². The van der Waals surface area contributed by atoms with Crippen molar-refractivity contribution in [3.05, 3.63) is 97.2 Å². The van der Waals surface area contributed by atoms with Crippen LogP contribution < -0.4 is 5.32 Å². The van der Waals surface area contributed by atoms with Gasteiger partial charge < -0.3 is 89.9 Å². The third kappa shape index (κ3) is 32.0. The second-order valence-electron chi connectivity index (χ2n) is 23.2. The number of nitrogens with one attached hydrogen (secondary N) is 1. The molecule has 0 aromatic rings. The van der Waals surface area contributed by atoms with E-state index in [-0.39, 0.29) is 12.3 Å². The Balaban J connectivity index is 1.50. The van der Waals surface area contributed by atoms with E-state index in [1.165, 1.54) is 103 Å². The van der Waals surface area contributed by atoms with Crippen LogP contribution in [0.25, 0.3) is 0 Å². The Morgan fingerprint density at radius 1 is 0.425 bits per heavy atom. The molecule has 3 saturated heterocycles. The zero-order chi connectivity index (χ0) is 63.3. The third-order valence-corrected chi connectivity index (χ3v) is 15.9. The SMILES string of the molecule is CC/C=C\C/C=C\C/C=C\C/C=C\C/C=C\C/C=C\CCC(=O)NC(COC1OC(CO)C(OC2OC(CO)C(OC3OC(CO)C(O)C(O)C3O)C(O)C2O)C(O)C1O)C(O)/C=C/CC/C=C/CCCCCCCCCCCCCCCCCCC. The van der Waals surface area contributed by atoms with Gasteiger partial charge in [0, 0.05) is 6.42 Å². The first-order chi connectivity index (χ1) is 42.3. The Hall–Kier alpha value is -3.29. The maximum absolute atomic E-state index is 13.3. The van der Waals surface area contributed by atoms with Gasteiger partial charge in [-0.15, -0.1) is 0 Å². The molecule has 3 heterocycles. The van der Waals surface area contributed by atoms with Gasteiger partial charge in [0.25, 0.3) is 0 Å². The largest absolute Gasteiger partial charge is 0.394 e. The number of ether oxygens (including phenoxy) is 6. The molecule has 3 fully saturated rings. The molecule has 0 aromatic carbocycles. The summed E-state index contributed by atoms with van der Waals surface area (Å²) in [6.45, 7) is 1.53. The van der Waals surface area contributed by atoms with E-state index in [1.54, 1.807) is 6.08 Å². The highest BCUT2D eigenvalue weighted by Crippen LogP contribution is 2.33. The third-order valence-electron chi connectivity index (χ3n) is 15.9. The Morgan fingerprint density at radius 3 is 1.28 bits per heavy atom. The van der Waals surface area contributed by atoms with Crippen molar-refractivity contribution in [1.82, 2.24) is 5.32 Å². The van der Waals surface area contributed by atoms with E-state index in [4.69, 9.17) is 28.4 Å². The molecule has 1 amide bonds. The van der Waals surface area contributed by atoms with Crippen molar-refractivity contribution in [2.45, 2.75) is 298 Å². The number of carbonyl (C=O) groups is 1. The lowest BCUT2D eigenvalue weighted by atomic mass is 9.96. The Morgan fingerprint density at radius 2 is 0.805 bits per heavy atom. The predicted molar refractivity (Wildman–Crippen MR) is 337 cm³/mol. The Bertz CT molecular complexity index is 1960. The molecule has 3 rings (SSSR count). The summed E-state index contributed by atoms with van der Waals surface area (Å²) in [6, 6.07) is -1.04. The van der Waals surface area contributed by atoms with Crippen molar-refractivity contribution in [3.8, 4) is 0 Å². The van der Waals surface area contributed by atoms with Gasteiger partial charge in [-0.2, -0.15) is 0 Å². The maximum Gasteiger partial charge on any atom is 0.220 e. The van der Waals surface area contributed by atoms with Crippen LogP contribution in [0.4, 0.5) is 0 Å². The van der Waals surface area contributed by atoms with Crippen LogP contribution in [0.2, 0.25) is 0 Å². The van der Waals surface area contributed by atoms with Crippen LogP contribution in [0, 0.1) is 0 Å². The monoisotopic (exact) mass is 1230 g/mol. The molecule has 19 heteroatoms. The van der Waals surface area contributed by atoms with Crippen LogP contribution in [0.3, 0.4) is 0 Å². The number of hydrogen-bond acceptors (Lipinski definition) is 18. The maximum atomic E-state index is 13.3. The van der Waals surface area contributed by atoms with Crippen molar-refractivity contribution in [1.29, 1.82) is 0 Å². The summed E-state index contributed by atoms with van der Waals surface area (Å²) in [5.74, 6) is -0.370. The molecular weight excluding hydrogens is 1120 g/mol. The van der Waals surface area contributed by atoms with Crippen LogP contribution in [0.15, 0.2) is 97.2 Å². The smallest absolute Gasteiger partial charge is 0.220 e. The Labute approximate surface area is 520 Å². The topological polar surface area (TPSA) is 307 Å². The number of allylic oxidation sites excluding steroid dienone is 15. The lowest BCUT2D eigenvalue weighted by molar-refractivity contribution is -0.379. The zero-order valence-corrected chi connectivity index (χ0v) is 52.5. The summed E-state index contributed by atoms with van der Waals surface area (Å²) < 4.78 is 34.2. The molecule has 19 nitrogen and oxygen atoms in total. The van der Waals surface area contributed by atoms with E-state index in [0.717, 1.165) is 51.4 Å². The van der Waals surface area contributed by atoms with Crippen LogP contribution in [-0.4, -0.2) is 193 Å². The Kier molecular flexibility index (Phi) is 44.3. The lowest BCUT2D eigenvalue weighted by Crippen LogP contribution is -2.66. The highest BCUT2D eigenvalue weighted by atomic mass is 16.8.